The highest BCUT2D eigenvalue weighted by molar-refractivity contribution is 5.66. The van der Waals surface area contributed by atoms with Crippen LogP contribution in [-0.4, -0.2) is 11.1 Å². The van der Waals surface area contributed by atoms with Gasteiger partial charge in [0.25, 0.3) is 0 Å². The van der Waals surface area contributed by atoms with Crippen LogP contribution in [0.15, 0.2) is 12.7 Å². The van der Waals surface area contributed by atoms with Crippen LogP contribution >= 0.6 is 0 Å². The Morgan fingerprint density at radius 2 is 2.08 bits per heavy atom. The van der Waals surface area contributed by atoms with Crippen molar-refractivity contribution in [1.82, 2.24) is 0 Å². The number of carboxylic acid groups (broad SMARTS) is 1. The van der Waals surface area contributed by atoms with Crippen molar-refractivity contribution in [3.05, 3.63) is 12.7 Å². The molecule has 76 valence electrons. The monoisotopic (exact) mass is 184 g/mol. The average molecular weight is 184 g/mol. The van der Waals surface area contributed by atoms with Gasteiger partial charge >= 0.3 is 5.97 Å². The van der Waals surface area contributed by atoms with Gasteiger partial charge in [0.05, 0.1) is 0 Å². The van der Waals surface area contributed by atoms with E-state index >= 15 is 0 Å². The van der Waals surface area contributed by atoms with Gasteiger partial charge in [0.2, 0.25) is 0 Å². The lowest BCUT2D eigenvalue weighted by molar-refractivity contribution is -0.137. The van der Waals surface area contributed by atoms with E-state index in [-0.39, 0.29) is 11.8 Å². The summed E-state index contributed by atoms with van der Waals surface area (Å²) in [6.45, 7) is 8.04. The van der Waals surface area contributed by atoms with Gasteiger partial charge in [0.15, 0.2) is 0 Å². The molecular formula is C11H20O2. The Bertz CT molecular complexity index is 171. The normalized spacial score (nSPS) is 11.2. The summed E-state index contributed by atoms with van der Waals surface area (Å²) in [5.74, 6) is -0.695. The Morgan fingerprint density at radius 3 is 2.54 bits per heavy atom. The van der Waals surface area contributed by atoms with E-state index < -0.39 is 5.97 Å². The average Bonchev–Trinajstić information content (AvgIpc) is 2.00. The zero-order chi connectivity index (χ0) is 10.3. The number of carboxylic acids is 1. The highest BCUT2D eigenvalue weighted by Crippen LogP contribution is 2.28. The first-order valence-electron chi connectivity index (χ1n) is 4.80. The fourth-order valence-electron chi connectivity index (χ4n) is 1.34. The zero-order valence-electron chi connectivity index (χ0n) is 8.68. The van der Waals surface area contributed by atoms with Gasteiger partial charge in [-0.05, 0) is 31.1 Å². The molecule has 2 heteroatoms. The lowest BCUT2D eigenvalue weighted by Crippen LogP contribution is -2.11. The molecule has 2 nitrogen and oxygen atoms in total. The molecule has 0 unspecified atom stereocenters. The molecule has 0 heterocycles. The smallest absolute Gasteiger partial charge is 0.303 e. The summed E-state index contributed by atoms with van der Waals surface area (Å²) < 4.78 is 0. The van der Waals surface area contributed by atoms with E-state index in [2.05, 4.69) is 20.4 Å². The summed E-state index contributed by atoms with van der Waals surface area (Å²) in [6.07, 6.45) is 6.07. The van der Waals surface area contributed by atoms with Crippen LogP contribution in [0.1, 0.15) is 46.0 Å². The first kappa shape index (κ1) is 12.2. The second-order valence-electron chi connectivity index (χ2n) is 4.24. The van der Waals surface area contributed by atoms with Crippen molar-refractivity contribution in [3.63, 3.8) is 0 Å². The lowest BCUT2D eigenvalue weighted by atomic mass is 9.83. The van der Waals surface area contributed by atoms with Crippen LogP contribution in [0.25, 0.3) is 0 Å². The van der Waals surface area contributed by atoms with Crippen molar-refractivity contribution in [2.24, 2.45) is 5.41 Å². The second kappa shape index (κ2) is 5.79. The van der Waals surface area contributed by atoms with Crippen LogP contribution in [0.5, 0.6) is 0 Å². The zero-order valence-corrected chi connectivity index (χ0v) is 8.68. The van der Waals surface area contributed by atoms with Gasteiger partial charge < -0.3 is 5.11 Å². The largest absolute Gasteiger partial charge is 0.481 e. The third-order valence-electron chi connectivity index (χ3n) is 2.27. The minimum Gasteiger partial charge on any atom is -0.481 e. The molecule has 0 aromatic rings. The van der Waals surface area contributed by atoms with Crippen molar-refractivity contribution in [2.75, 3.05) is 0 Å². The molecule has 13 heavy (non-hydrogen) atoms. The van der Waals surface area contributed by atoms with Crippen LogP contribution in [-0.2, 0) is 4.79 Å². The number of rotatable bonds is 7. The molecule has 0 saturated heterocycles. The van der Waals surface area contributed by atoms with Crippen molar-refractivity contribution in [1.29, 1.82) is 0 Å². The van der Waals surface area contributed by atoms with Crippen molar-refractivity contribution < 1.29 is 9.90 Å². The van der Waals surface area contributed by atoms with Crippen molar-refractivity contribution >= 4 is 5.97 Å². The van der Waals surface area contributed by atoms with Crippen molar-refractivity contribution in [3.8, 4) is 0 Å². The number of hydrogen-bond donors (Lipinski definition) is 1. The van der Waals surface area contributed by atoms with E-state index in [1.54, 1.807) is 0 Å². The standard InChI is InChI=1S/C11H20O2/c1-4-5-8-11(2,3)9-6-7-10(12)13/h4H,1,5-9H2,2-3H3,(H,12,13). The van der Waals surface area contributed by atoms with E-state index in [0.717, 1.165) is 25.7 Å². The van der Waals surface area contributed by atoms with E-state index in [1.807, 2.05) is 6.08 Å². The Kier molecular flexibility index (Phi) is 5.44. The van der Waals surface area contributed by atoms with Gasteiger partial charge in [-0.25, -0.2) is 0 Å². The van der Waals surface area contributed by atoms with Gasteiger partial charge in [-0.15, -0.1) is 6.58 Å². The summed E-state index contributed by atoms with van der Waals surface area (Å²) in [5, 5.41) is 8.47. The van der Waals surface area contributed by atoms with E-state index in [1.165, 1.54) is 0 Å². The Labute approximate surface area is 80.7 Å². The molecule has 0 rings (SSSR count). The SMILES string of the molecule is C=CCCC(C)(C)CCCC(=O)O. The van der Waals surface area contributed by atoms with Crippen LogP contribution in [0.3, 0.4) is 0 Å². The maximum atomic E-state index is 10.3. The van der Waals surface area contributed by atoms with Crippen LogP contribution in [0.4, 0.5) is 0 Å². The minimum absolute atomic E-state index is 0.254. The fraction of sp³-hybridized carbons (Fsp3) is 0.727. The molecule has 0 aromatic heterocycles. The summed E-state index contributed by atoms with van der Waals surface area (Å²) in [7, 11) is 0. The van der Waals surface area contributed by atoms with Crippen LogP contribution in [0.2, 0.25) is 0 Å². The highest BCUT2D eigenvalue weighted by atomic mass is 16.4. The summed E-state index contributed by atoms with van der Waals surface area (Å²) in [4.78, 5) is 10.3. The molecule has 1 N–H and O–H groups in total. The summed E-state index contributed by atoms with van der Waals surface area (Å²) >= 11 is 0. The summed E-state index contributed by atoms with van der Waals surface area (Å²) in [6, 6.07) is 0. The molecule has 0 aliphatic carbocycles. The van der Waals surface area contributed by atoms with E-state index in [9.17, 15) is 4.79 Å². The molecule has 0 radical (unpaired) electrons. The number of aliphatic carboxylic acids is 1. The molecule has 0 atom stereocenters. The minimum atomic E-state index is -0.695. The maximum absolute atomic E-state index is 10.3. The first-order valence-corrected chi connectivity index (χ1v) is 4.80. The molecule has 0 bridgehead atoms. The first-order chi connectivity index (χ1) is 5.98. The Balaban J connectivity index is 3.61. The van der Waals surface area contributed by atoms with E-state index in [0.29, 0.717) is 0 Å². The summed E-state index contributed by atoms with van der Waals surface area (Å²) in [5.41, 5.74) is 0.254. The van der Waals surface area contributed by atoms with Gasteiger partial charge in [0, 0.05) is 6.42 Å². The lowest BCUT2D eigenvalue weighted by Gasteiger charge is -2.23. The molecule has 0 aromatic carbocycles. The molecule has 0 aliphatic heterocycles. The van der Waals surface area contributed by atoms with Crippen molar-refractivity contribution in [2.45, 2.75) is 46.0 Å². The fourth-order valence-corrected chi connectivity index (χ4v) is 1.34. The predicted molar refractivity (Wildman–Crippen MR) is 54.7 cm³/mol. The predicted octanol–water partition coefficient (Wildman–Crippen LogP) is 3.23. The molecular weight excluding hydrogens is 164 g/mol. The number of hydrogen-bond acceptors (Lipinski definition) is 1. The number of carbonyl (C=O) groups is 1. The molecule has 0 spiro atoms. The van der Waals surface area contributed by atoms with E-state index in [4.69, 9.17) is 5.11 Å². The number of allylic oxidation sites excluding steroid dienone is 1. The van der Waals surface area contributed by atoms with Gasteiger partial charge in [0.1, 0.15) is 0 Å². The van der Waals surface area contributed by atoms with Crippen LogP contribution in [0, 0.1) is 5.41 Å². The second-order valence-corrected chi connectivity index (χ2v) is 4.24. The molecule has 0 amide bonds. The van der Waals surface area contributed by atoms with Gasteiger partial charge in [-0.1, -0.05) is 19.9 Å². The van der Waals surface area contributed by atoms with Gasteiger partial charge in [-0.2, -0.15) is 0 Å². The Morgan fingerprint density at radius 1 is 1.46 bits per heavy atom. The third-order valence-corrected chi connectivity index (χ3v) is 2.27. The Hall–Kier alpha value is -0.790. The third kappa shape index (κ3) is 7.57. The molecule has 0 fully saturated rings. The highest BCUT2D eigenvalue weighted by Gasteiger charge is 2.16. The molecule has 0 aliphatic rings. The van der Waals surface area contributed by atoms with Crippen LogP contribution < -0.4 is 0 Å². The molecule has 0 saturated carbocycles. The maximum Gasteiger partial charge on any atom is 0.303 e. The quantitative estimate of drug-likeness (QED) is 0.617. The topological polar surface area (TPSA) is 37.3 Å². The van der Waals surface area contributed by atoms with Gasteiger partial charge in [-0.3, -0.25) is 4.79 Å².